The van der Waals surface area contributed by atoms with Gasteiger partial charge in [-0.1, -0.05) is 30.5 Å². The lowest BCUT2D eigenvalue weighted by molar-refractivity contribution is -0.134. The van der Waals surface area contributed by atoms with Crippen LogP contribution < -0.4 is 10.6 Å². The van der Waals surface area contributed by atoms with Crippen LogP contribution in [0.15, 0.2) is 18.2 Å². The topological polar surface area (TPSA) is 41.1 Å². The second-order valence-electron chi connectivity index (χ2n) is 6.16. The second kappa shape index (κ2) is 5.93. The van der Waals surface area contributed by atoms with Gasteiger partial charge < -0.3 is 10.6 Å². The molecule has 1 aliphatic heterocycles. The van der Waals surface area contributed by atoms with Crippen LogP contribution in [-0.2, 0) is 11.3 Å². The third-order valence-electron chi connectivity index (χ3n) is 4.93. The molecule has 0 aromatic heterocycles. The molecule has 5 heteroatoms. The molecule has 0 radical (unpaired) electrons. The molecular weight excluding hydrogens is 291 g/mol. The Morgan fingerprint density at radius 2 is 2.33 bits per heavy atom. The standard InChI is InChI=1S/C16H20ClFN2O/c17-13-7-11(4-5-14(13)18)8-20-15(21)16-6-2-1-3-12(16)9-19-10-16/h4-5,7,12,19H,1-3,6,8-10H2,(H,20,21)/t12-,16+/m0/s1. The second-order valence-corrected chi connectivity index (χ2v) is 6.57. The number of rotatable bonds is 3. The predicted molar refractivity (Wildman–Crippen MR) is 80.5 cm³/mol. The average Bonchev–Trinajstić information content (AvgIpc) is 2.93. The first-order chi connectivity index (χ1) is 10.1. The molecule has 0 bridgehead atoms. The Hall–Kier alpha value is -1.13. The van der Waals surface area contributed by atoms with E-state index < -0.39 is 5.82 Å². The lowest BCUT2D eigenvalue weighted by Gasteiger charge is -2.37. The van der Waals surface area contributed by atoms with E-state index in [1.165, 1.54) is 12.5 Å². The summed E-state index contributed by atoms with van der Waals surface area (Å²) in [5.74, 6) is 0.137. The molecule has 2 N–H and O–H groups in total. The van der Waals surface area contributed by atoms with Crippen molar-refractivity contribution in [1.82, 2.24) is 10.6 Å². The van der Waals surface area contributed by atoms with Gasteiger partial charge in [0.05, 0.1) is 10.4 Å². The van der Waals surface area contributed by atoms with Crippen LogP contribution >= 0.6 is 11.6 Å². The van der Waals surface area contributed by atoms with E-state index in [4.69, 9.17) is 11.6 Å². The molecule has 1 saturated carbocycles. The molecule has 21 heavy (non-hydrogen) atoms. The first kappa shape index (κ1) is 14.8. The first-order valence-electron chi connectivity index (χ1n) is 7.55. The highest BCUT2D eigenvalue weighted by molar-refractivity contribution is 6.30. The van der Waals surface area contributed by atoms with E-state index >= 15 is 0 Å². The molecular formula is C16H20ClFN2O. The van der Waals surface area contributed by atoms with Crippen LogP contribution in [0, 0.1) is 17.2 Å². The van der Waals surface area contributed by atoms with E-state index in [-0.39, 0.29) is 16.3 Å². The Morgan fingerprint density at radius 3 is 3.14 bits per heavy atom. The van der Waals surface area contributed by atoms with E-state index in [0.717, 1.165) is 37.9 Å². The van der Waals surface area contributed by atoms with Crippen LogP contribution in [0.3, 0.4) is 0 Å². The Kier molecular flexibility index (Phi) is 4.18. The highest BCUT2D eigenvalue weighted by atomic mass is 35.5. The summed E-state index contributed by atoms with van der Waals surface area (Å²) in [6.45, 7) is 2.11. The third-order valence-corrected chi connectivity index (χ3v) is 5.22. The Balaban J connectivity index is 1.67. The van der Waals surface area contributed by atoms with E-state index in [0.29, 0.717) is 12.5 Å². The molecule has 3 nitrogen and oxygen atoms in total. The van der Waals surface area contributed by atoms with Crippen molar-refractivity contribution in [2.45, 2.75) is 32.2 Å². The van der Waals surface area contributed by atoms with Crippen LogP contribution in [0.2, 0.25) is 5.02 Å². The molecule has 2 aliphatic rings. The van der Waals surface area contributed by atoms with Crippen LogP contribution in [0.5, 0.6) is 0 Å². The van der Waals surface area contributed by atoms with Crippen molar-refractivity contribution in [1.29, 1.82) is 0 Å². The summed E-state index contributed by atoms with van der Waals surface area (Å²) >= 11 is 5.77. The largest absolute Gasteiger partial charge is 0.351 e. The molecule has 1 aromatic rings. The summed E-state index contributed by atoms with van der Waals surface area (Å²) in [6, 6.07) is 4.56. The fourth-order valence-corrected chi connectivity index (χ4v) is 3.90. The van der Waals surface area contributed by atoms with Crippen LogP contribution in [0.4, 0.5) is 4.39 Å². The van der Waals surface area contributed by atoms with E-state index in [9.17, 15) is 9.18 Å². The summed E-state index contributed by atoms with van der Waals surface area (Å²) in [6.07, 6.45) is 4.42. The van der Waals surface area contributed by atoms with Gasteiger partial charge in [-0.2, -0.15) is 0 Å². The van der Waals surface area contributed by atoms with Crippen molar-refractivity contribution in [3.05, 3.63) is 34.6 Å². The number of amides is 1. The van der Waals surface area contributed by atoms with Crippen LogP contribution in [0.1, 0.15) is 31.2 Å². The lowest BCUT2D eigenvalue weighted by atomic mass is 9.67. The summed E-state index contributed by atoms with van der Waals surface area (Å²) < 4.78 is 13.1. The summed E-state index contributed by atoms with van der Waals surface area (Å²) in [5.41, 5.74) is 0.576. The molecule has 1 aliphatic carbocycles. The molecule has 2 fully saturated rings. The number of nitrogens with one attached hydrogen (secondary N) is 2. The Labute approximate surface area is 129 Å². The highest BCUT2D eigenvalue weighted by Gasteiger charge is 2.49. The van der Waals surface area contributed by atoms with Crippen molar-refractivity contribution in [3.63, 3.8) is 0 Å². The molecule has 0 spiro atoms. The summed E-state index contributed by atoms with van der Waals surface area (Å²) in [4.78, 5) is 12.7. The molecule has 1 aromatic carbocycles. The van der Waals surface area contributed by atoms with E-state index in [1.807, 2.05) is 0 Å². The van der Waals surface area contributed by atoms with Crippen LogP contribution in [0.25, 0.3) is 0 Å². The number of halogens is 2. The molecule has 3 rings (SSSR count). The number of carbonyl (C=O) groups excluding carboxylic acids is 1. The average molecular weight is 311 g/mol. The molecule has 114 valence electrons. The van der Waals surface area contributed by atoms with Crippen molar-refractivity contribution in [2.24, 2.45) is 11.3 Å². The lowest BCUT2D eigenvalue weighted by Crippen LogP contribution is -2.47. The molecule has 1 saturated heterocycles. The zero-order chi connectivity index (χ0) is 14.9. The highest BCUT2D eigenvalue weighted by Crippen LogP contribution is 2.43. The van der Waals surface area contributed by atoms with Crippen LogP contribution in [-0.4, -0.2) is 19.0 Å². The van der Waals surface area contributed by atoms with Gasteiger partial charge in [-0.25, -0.2) is 4.39 Å². The molecule has 0 unspecified atom stereocenters. The third kappa shape index (κ3) is 2.79. The Morgan fingerprint density at radius 1 is 1.48 bits per heavy atom. The number of hydrogen-bond donors (Lipinski definition) is 2. The predicted octanol–water partition coefficient (Wildman–Crippen LogP) is 2.88. The maximum atomic E-state index is 13.1. The summed E-state index contributed by atoms with van der Waals surface area (Å²) in [5, 5.41) is 6.48. The maximum Gasteiger partial charge on any atom is 0.228 e. The fourth-order valence-electron chi connectivity index (χ4n) is 3.70. The van der Waals surface area contributed by atoms with Crippen molar-refractivity contribution < 1.29 is 9.18 Å². The van der Waals surface area contributed by atoms with Gasteiger partial charge in [0.2, 0.25) is 5.91 Å². The minimum absolute atomic E-state index is 0.0954. The molecule has 1 amide bonds. The zero-order valence-corrected chi connectivity index (χ0v) is 12.7. The van der Waals surface area contributed by atoms with Gasteiger partial charge in [-0.15, -0.1) is 0 Å². The number of fused-ring (bicyclic) bond motifs is 1. The van der Waals surface area contributed by atoms with Gasteiger partial charge in [0.25, 0.3) is 0 Å². The van der Waals surface area contributed by atoms with Gasteiger partial charge in [0, 0.05) is 13.1 Å². The number of carbonyl (C=O) groups is 1. The van der Waals surface area contributed by atoms with Crippen molar-refractivity contribution >= 4 is 17.5 Å². The summed E-state index contributed by atoms with van der Waals surface area (Å²) in [7, 11) is 0. The fraction of sp³-hybridized carbons (Fsp3) is 0.562. The van der Waals surface area contributed by atoms with Gasteiger partial charge >= 0.3 is 0 Å². The number of benzene rings is 1. The van der Waals surface area contributed by atoms with E-state index in [2.05, 4.69) is 10.6 Å². The first-order valence-corrected chi connectivity index (χ1v) is 7.92. The maximum absolute atomic E-state index is 13.1. The zero-order valence-electron chi connectivity index (χ0n) is 11.9. The van der Waals surface area contributed by atoms with Gasteiger partial charge in [-0.05, 0) is 43.0 Å². The van der Waals surface area contributed by atoms with Crippen molar-refractivity contribution in [2.75, 3.05) is 13.1 Å². The quantitative estimate of drug-likeness (QED) is 0.901. The van der Waals surface area contributed by atoms with Gasteiger partial charge in [0.15, 0.2) is 0 Å². The van der Waals surface area contributed by atoms with E-state index in [1.54, 1.807) is 12.1 Å². The Bertz CT molecular complexity index is 551. The number of hydrogen-bond acceptors (Lipinski definition) is 2. The SMILES string of the molecule is O=C(NCc1ccc(F)c(Cl)c1)[C@@]12CCCC[C@H]1CNC2. The molecule has 1 heterocycles. The van der Waals surface area contributed by atoms with Crippen molar-refractivity contribution in [3.8, 4) is 0 Å². The molecule has 2 atom stereocenters. The monoisotopic (exact) mass is 310 g/mol. The minimum atomic E-state index is -0.433. The smallest absolute Gasteiger partial charge is 0.228 e. The van der Waals surface area contributed by atoms with Gasteiger partial charge in [0.1, 0.15) is 5.82 Å². The minimum Gasteiger partial charge on any atom is -0.351 e. The van der Waals surface area contributed by atoms with Gasteiger partial charge in [-0.3, -0.25) is 4.79 Å². The normalized spacial score (nSPS) is 28.2.